The first-order valence-electron chi connectivity index (χ1n) is 9.36. The quantitative estimate of drug-likeness (QED) is 0.760. The van der Waals surface area contributed by atoms with Crippen molar-refractivity contribution in [2.24, 2.45) is 11.8 Å². The summed E-state index contributed by atoms with van der Waals surface area (Å²) in [6, 6.07) is 5.64. The van der Waals surface area contributed by atoms with Crippen LogP contribution in [0.2, 0.25) is 0 Å². The smallest absolute Gasteiger partial charge is 0.234 e. The maximum absolute atomic E-state index is 12.6. The summed E-state index contributed by atoms with van der Waals surface area (Å²) < 4.78 is 0. The normalized spacial score (nSPS) is 26.7. The molecule has 2 amide bonds. The fourth-order valence-corrected chi connectivity index (χ4v) is 4.35. The lowest BCUT2D eigenvalue weighted by Crippen LogP contribution is -2.51. The Labute approximate surface area is 153 Å². The predicted octanol–water partition coefficient (Wildman–Crippen LogP) is 1.21. The largest absolute Gasteiger partial charge is 0.354 e. The number of carbonyl (C=O) groups is 2. The Bertz CT molecular complexity index is 727. The van der Waals surface area contributed by atoms with Crippen LogP contribution >= 0.6 is 0 Å². The lowest BCUT2D eigenvalue weighted by atomic mass is 9.81. The van der Waals surface area contributed by atoms with Crippen LogP contribution in [0.15, 0.2) is 18.3 Å². The van der Waals surface area contributed by atoms with Gasteiger partial charge in [-0.05, 0) is 25.0 Å². The van der Waals surface area contributed by atoms with Gasteiger partial charge in [0.2, 0.25) is 11.8 Å². The van der Waals surface area contributed by atoms with Gasteiger partial charge < -0.3 is 4.90 Å². The third-order valence-corrected chi connectivity index (χ3v) is 5.84. The van der Waals surface area contributed by atoms with Gasteiger partial charge >= 0.3 is 0 Å². The molecule has 3 fully saturated rings. The molecule has 0 aromatic carbocycles. The number of amides is 2. The van der Waals surface area contributed by atoms with Gasteiger partial charge in [0.1, 0.15) is 5.82 Å². The van der Waals surface area contributed by atoms with E-state index < -0.39 is 0 Å². The van der Waals surface area contributed by atoms with Gasteiger partial charge in [-0.25, -0.2) is 4.98 Å². The van der Waals surface area contributed by atoms with Crippen molar-refractivity contribution in [1.29, 1.82) is 5.26 Å². The van der Waals surface area contributed by atoms with Crippen LogP contribution in [0.1, 0.15) is 31.2 Å². The summed E-state index contributed by atoms with van der Waals surface area (Å²) in [5.41, 5.74) is 0.605. The number of nitriles is 1. The average Bonchev–Trinajstić information content (AvgIpc) is 2.94. The van der Waals surface area contributed by atoms with E-state index in [1.807, 2.05) is 0 Å². The molecular weight excluding hydrogens is 330 g/mol. The van der Waals surface area contributed by atoms with Crippen LogP contribution in [0.25, 0.3) is 0 Å². The maximum atomic E-state index is 12.6. The van der Waals surface area contributed by atoms with Crippen LogP contribution in [-0.2, 0) is 9.59 Å². The second kappa shape index (κ2) is 7.04. The number of imide groups is 1. The highest BCUT2D eigenvalue weighted by molar-refractivity contribution is 6.05. The molecular formula is C19H23N5O2. The molecule has 1 aliphatic carbocycles. The second-order valence-corrected chi connectivity index (χ2v) is 7.36. The molecule has 3 heterocycles. The number of fused-ring (bicyclic) bond motifs is 1. The van der Waals surface area contributed by atoms with E-state index in [9.17, 15) is 9.59 Å². The monoisotopic (exact) mass is 353 g/mol. The predicted molar refractivity (Wildman–Crippen MR) is 94.9 cm³/mol. The molecule has 0 spiro atoms. The van der Waals surface area contributed by atoms with Crippen molar-refractivity contribution >= 4 is 17.6 Å². The van der Waals surface area contributed by atoms with E-state index in [-0.39, 0.29) is 23.7 Å². The highest BCUT2D eigenvalue weighted by Crippen LogP contribution is 2.38. The van der Waals surface area contributed by atoms with Crippen molar-refractivity contribution in [2.75, 3.05) is 37.7 Å². The number of hydrogen-bond donors (Lipinski definition) is 0. The van der Waals surface area contributed by atoms with Crippen molar-refractivity contribution in [3.05, 3.63) is 23.9 Å². The van der Waals surface area contributed by atoms with Crippen molar-refractivity contribution in [2.45, 2.75) is 25.7 Å². The summed E-state index contributed by atoms with van der Waals surface area (Å²) in [6.45, 7) is 3.48. The molecule has 2 unspecified atom stereocenters. The van der Waals surface area contributed by atoms with Gasteiger partial charge in [0, 0.05) is 32.4 Å². The van der Waals surface area contributed by atoms with Gasteiger partial charge in [-0.15, -0.1) is 0 Å². The average molecular weight is 353 g/mol. The highest BCUT2D eigenvalue weighted by atomic mass is 16.2. The molecule has 0 bridgehead atoms. The minimum atomic E-state index is -0.0736. The number of pyridine rings is 1. The van der Waals surface area contributed by atoms with Crippen LogP contribution in [0, 0.1) is 23.2 Å². The van der Waals surface area contributed by atoms with E-state index in [2.05, 4.69) is 20.9 Å². The second-order valence-electron chi connectivity index (χ2n) is 7.36. The summed E-state index contributed by atoms with van der Waals surface area (Å²) in [5.74, 6) is 0.727. The van der Waals surface area contributed by atoms with Crippen LogP contribution < -0.4 is 4.90 Å². The molecule has 2 saturated heterocycles. The Balaban J connectivity index is 1.36. The fourth-order valence-electron chi connectivity index (χ4n) is 4.35. The lowest BCUT2D eigenvalue weighted by Gasteiger charge is -2.36. The molecule has 3 aliphatic rings. The van der Waals surface area contributed by atoms with E-state index in [0.29, 0.717) is 12.2 Å². The zero-order valence-corrected chi connectivity index (χ0v) is 14.8. The van der Waals surface area contributed by atoms with Crippen LogP contribution in [0.5, 0.6) is 0 Å². The Morgan fingerprint density at radius 1 is 1.08 bits per heavy atom. The number of nitrogens with zero attached hydrogens (tertiary/aromatic N) is 5. The van der Waals surface area contributed by atoms with Gasteiger partial charge in [0.05, 0.1) is 30.1 Å². The van der Waals surface area contributed by atoms with Crippen molar-refractivity contribution in [3.8, 4) is 6.07 Å². The molecule has 0 radical (unpaired) electrons. The highest BCUT2D eigenvalue weighted by Gasteiger charge is 2.48. The third kappa shape index (κ3) is 3.06. The molecule has 1 aromatic rings. The number of anilines is 1. The number of rotatable bonds is 3. The summed E-state index contributed by atoms with van der Waals surface area (Å²) >= 11 is 0. The maximum Gasteiger partial charge on any atom is 0.234 e. The molecule has 26 heavy (non-hydrogen) atoms. The van der Waals surface area contributed by atoms with Gasteiger partial charge in [-0.1, -0.05) is 12.8 Å². The minimum absolute atomic E-state index is 0.0329. The molecule has 1 aromatic heterocycles. The zero-order chi connectivity index (χ0) is 18.1. The number of likely N-dealkylation sites (tertiary alicyclic amines) is 1. The molecule has 4 rings (SSSR count). The Morgan fingerprint density at radius 3 is 2.35 bits per heavy atom. The van der Waals surface area contributed by atoms with E-state index in [1.54, 1.807) is 18.3 Å². The first-order valence-corrected chi connectivity index (χ1v) is 9.36. The molecule has 2 atom stereocenters. The Morgan fingerprint density at radius 2 is 1.73 bits per heavy atom. The van der Waals surface area contributed by atoms with Crippen molar-refractivity contribution in [3.63, 3.8) is 0 Å². The van der Waals surface area contributed by atoms with Gasteiger partial charge in [0.25, 0.3) is 0 Å². The van der Waals surface area contributed by atoms with E-state index in [4.69, 9.17) is 5.26 Å². The lowest BCUT2D eigenvalue weighted by molar-refractivity contribution is -0.142. The number of piperazine rings is 1. The Kier molecular flexibility index (Phi) is 4.60. The fraction of sp³-hybridized carbons (Fsp3) is 0.579. The summed E-state index contributed by atoms with van der Waals surface area (Å²) in [7, 11) is 0. The topological polar surface area (TPSA) is 80.5 Å². The zero-order valence-electron chi connectivity index (χ0n) is 14.8. The third-order valence-electron chi connectivity index (χ3n) is 5.84. The first kappa shape index (κ1) is 17.0. The standard InChI is InChI=1S/C19H23N5O2/c20-12-14-5-6-21-17(11-14)23-9-7-22(8-10-23)13-24-18(25)15-3-1-2-4-16(15)19(24)26/h5-6,11,15-16H,1-4,7-10,13H2. The van der Waals surface area contributed by atoms with Crippen molar-refractivity contribution in [1.82, 2.24) is 14.8 Å². The molecule has 2 aliphatic heterocycles. The van der Waals surface area contributed by atoms with E-state index in [1.165, 1.54) is 4.90 Å². The summed E-state index contributed by atoms with van der Waals surface area (Å²) in [4.78, 5) is 35.4. The van der Waals surface area contributed by atoms with E-state index >= 15 is 0 Å². The van der Waals surface area contributed by atoms with Gasteiger partial charge in [0.15, 0.2) is 0 Å². The Hall–Kier alpha value is -2.46. The molecule has 136 valence electrons. The minimum Gasteiger partial charge on any atom is -0.354 e. The first-order chi connectivity index (χ1) is 12.7. The number of hydrogen-bond acceptors (Lipinski definition) is 6. The molecule has 0 N–H and O–H groups in total. The van der Waals surface area contributed by atoms with Crippen LogP contribution in [0.3, 0.4) is 0 Å². The summed E-state index contributed by atoms with van der Waals surface area (Å²) in [6.07, 6.45) is 5.49. The number of carbonyl (C=O) groups excluding carboxylic acids is 2. The van der Waals surface area contributed by atoms with Crippen LogP contribution in [0.4, 0.5) is 5.82 Å². The van der Waals surface area contributed by atoms with Gasteiger partial charge in [-0.3, -0.25) is 19.4 Å². The molecule has 7 heteroatoms. The van der Waals surface area contributed by atoms with Crippen molar-refractivity contribution < 1.29 is 9.59 Å². The molecule has 1 saturated carbocycles. The van der Waals surface area contributed by atoms with E-state index in [0.717, 1.165) is 57.7 Å². The van der Waals surface area contributed by atoms with Gasteiger partial charge in [-0.2, -0.15) is 5.26 Å². The SMILES string of the molecule is N#Cc1ccnc(N2CCN(CN3C(=O)C4CCCCC4C3=O)CC2)c1. The number of aromatic nitrogens is 1. The molecule has 7 nitrogen and oxygen atoms in total. The van der Waals surface area contributed by atoms with Crippen LogP contribution in [-0.4, -0.2) is 59.4 Å². The summed E-state index contributed by atoms with van der Waals surface area (Å²) in [5, 5.41) is 9.03.